The number of nitrogens with zero attached hydrogens (tertiary/aromatic N) is 1. The van der Waals surface area contributed by atoms with Crippen LogP contribution >= 0.6 is 0 Å². The van der Waals surface area contributed by atoms with Crippen LogP contribution in [0.4, 0.5) is 5.69 Å². The monoisotopic (exact) mass is 366 g/mol. The largest absolute Gasteiger partial charge is 0.312 e. The second-order valence-corrected chi connectivity index (χ2v) is 8.63. The number of unbranched alkanes of at least 4 members (excludes halogenated alkanes) is 1. The molecule has 1 amide bonds. The van der Waals surface area contributed by atoms with E-state index in [0.717, 1.165) is 43.4 Å². The van der Waals surface area contributed by atoms with Crippen LogP contribution in [0.2, 0.25) is 0 Å². The standard InChI is InChI=1S/C19H30N2O3S/c1-4-6-8-16(5-2)14-20-25(23,24)17-10-11-18(15(3)13-17)21-12-7-9-19(21)22/h10-11,13,16,20H,4-9,12,14H2,1-3H3. The van der Waals surface area contributed by atoms with Crippen molar-refractivity contribution in [2.45, 2.75) is 64.2 Å². The van der Waals surface area contributed by atoms with Crippen molar-refractivity contribution in [3.8, 4) is 0 Å². The third kappa shape index (κ3) is 5.05. The van der Waals surface area contributed by atoms with Gasteiger partial charge in [-0.05, 0) is 49.4 Å². The van der Waals surface area contributed by atoms with Crippen molar-refractivity contribution in [2.75, 3.05) is 18.0 Å². The fourth-order valence-electron chi connectivity index (χ4n) is 3.26. The smallest absolute Gasteiger partial charge is 0.240 e. The molecular formula is C19H30N2O3S. The van der Waals surface area contributed by atoms with E-state index in [1.54, 1.807) is 23.1 Å². The van der Waals surface area contributed by atoms with Crippen LogP contribution in [-0.2, 0) is 14.8 Å². The van der Waals surface area contributed by atoms with Gasteiger partial charge in [-0.25, -0.2) is 13.1 Å². The predicted octanol–water partition coefficient (Wildman–Crippen LogP) is 3.62. The number of hydrogen-bond donors (Lipinski definition) is 1. The molecule has 1 saturated heterocycles. The number of amides is 1. The maximum Gasteiger partial charge on any atom is 0.240 e. The van der Waals surface area contributed by atoms with Crippen molar-refractivity contribution in [2.24, 2.45) is 5.92 Å². The maximum atomic E-state index is 12.6. The van der Waals surface area contributed by atoms with Crippen LogP contribution in [0.5, 0.6) is 0 Å². The number of benzene rings is 1. The minimum atomic E-state index is -3.52. The van der Waals surface area contributed by atoms with Crippen molar-refractivity contribution in [3.63, 3.8) is 0 Å². The molecule has 1 atom stereocenters. The van der Waals surface area contributed by atoms with Gasteiger partial charge in [0.05, 0.1) is 4.90 Å². The summed E-state index contributed by atoms with van der Waals surface area (Å²) < 4.78 is 27.9. The summed E-state index contributed by atoms with van der Waals surface area (Å²) in [6.45, 7) is 7.28. The topological polar surface area (TPSA) is 66.5 Å². The Hall–Kier alpha value is -1.40. The van der Waals surface area contributed by atoms with Gasteiger partial charge in [-0.1, -0.05) is 33.1 Å². The Morgan fingerprint density at radius 1 is 1.28 bits per heavy atom. The number of nitrogens with one attached hydrogen (secondary N) is 1. The molecule has 0 saturated carbocycles. The van der Waals surface area contributed by atoms with E-state index in [0.29, 0.717) is 25.4 Å². The number of sulfonamides is 1. The van der Waals surface area contributed by atoms with E-state index in [1.165, 1.54) is 0 Å². The summed E-state index contributed by atoms with van der Waals surface area (Å²) in [6, 6.07) is 5.01. The van der Waals surface area contributed by atoms with Gasteiger partial charge < -0.3 is 4.90 Å². The van der Waals surface area contributed by atoms with Gasteiger partial charge in [0, 0.05) is 25.2 Å². The van der Waals surface area contributed by atoms with Crippen LogP contribution in [0, 0.1) is 12.8 Å². The van der Waals surface area contributed by atoms with Crippen molar-refractivity contribution in [1.29, 1.82) is 0 Å². The lowest BCUT2D eigenvalue weighted by atomic mass is 10.00. The van der Waals surface area contributed by atoms with E-state index in [1.807, 2.05) is 6.92 Å². The number of carbonyl (C=O) groups is 1. The highest BCUT2D eigenvalue weighted by atomic mass is 32.2. The number of carbonyl (C=O) groups excluding carboxylic acids is 1. The lowest BCUT2D eigenvalue weighted by Crippen LogP contribution is -2.29. The fourth-order valence-corrected chi connectivity index (χ4v) is 4.46. The van der Waals surface area contributed by atoms with Gasteiger partial charge in [-0.3, -0.25) is 4.79 Å². The highest BCUT2D eigenvalue weighted by molar-refractivity contribution is 7.89. The maximum absolute atomic E-state index is 12.6. The van der Waals surface area contributed by atoms with Gasteiger partial charge in [0.25, 0.3) is 0 Å². The average Bonchev–Trinajstić information content (AvgIpc) is 3.00. The molecule has 140 valence electrons. The van der Waals surface area contributed by atoms with Gasteiger partial charge in [0.2, 0.25) is 15.9 Å². The molecule has 1 aliphatic rings. The first-order valence-electron chi connectivity index (χ1n) is 9.29. The zero-order valence-corrected chi connectivity index (χ0v) is 16.4. The molecule has 25 heavy (non-hydrogen) atoms. The Morgan fingerprint density at radius 3 is 2.60 bits per heavy atom. The molecule has 1 aliphatic heterocycles. The average molecular weight is 367 g/mol. The Balaban J connectivity index is 2.09. The quantitative estimate of drug-likeness (QED) is 0.726. The van der Waals surface area contributed by atoms with E-state index in [9.17, 15) is 13.2 Å². The Labute approximate surface area is 151 Å². The summed E-state index contributed by atoms with van der Waals surface area (Å²) in [5, 5.41) is 0. The van der Waals surface area contributed by atoms with Crippen LogP contribution in [0.3, 0.4) is 0 Å². The first kappa shape index (κ1) is 19.9. The molecule has 1 aromatic carbocycles. The molecule has 1 heterocycles. The molecule has 5 nitrogen and oxygen atoms in total. The van der Waals surface area contributed by atoms with Gasteiger partial charge in [-0.15, -0.1) is 0 Å². The van der Waals surface area contributed by atoms with Crippen LogP contribution in [-0.4, -0.2) is 27.4 Å². The summed E-state index contributed by atoms with van der Waals surface area (Å²) in [7, 11) is -3.52. The molecular weight excluding hydrogens is 336 g/mol. The van der Waals surface area contributed by atoms with E-state index < -0.39 is 10.0 Å². The zero-order chi connectivity index (χ0) is 18.4. The van der Waals surface area contributed by atoms with E-state index in [2.05, 4.69) is 18.6 Å². The molecule has 2 rings (SSSR count). The lowest BCUT2D eigenvalue weighted by Gasteiger charge is -2.19. The molecule has 0 radical (unpaired) electrons. The minimum absolute atomic E-state index is 0.110. The summed E-state index contributed by atoms with van der Waals surface area (Å²) in [5.74, 6) is 0.482. The Morgan fingerprint density at radius 2 is 2.04 bits per heavy atom. The molecule has 0 aliphatic carbocycles. The SMILES string of the molecule is CCCCC(CC)CNS(=O)(=O)c1ccc(N2CCCC2=O)c(C)c1. The molecule has 6 heteroatoms. The van der Waals surface area contributed by atoms with E-state index in [-0.39, 0.29) is 10.8 Å². The van der Waals surface area contributed by atoms with Crippen LogP contribution < -0.4 is 9.62 Å². The van der Waals surface area contributed by atoms with Crippen molar-refractivity contribution >= 4 is 21.6 Å². The first-order chi connectivity index (χ1) is 11.9. The van der Waals surface area contributed by atoms with Gasteiger partial charge in [0.15, 0.2) is 0 Å². The van der Waals surface area contributed by atoms with Crippen LogP contribution in [0.25, 0.3) is 0 Å². The normalized spacial score (nSPS) is 16.4. The predicted molar refractivity (Wildman–Crippen MR) is 101 cm³/mol. The molecule has 1 fully saturated rings. The number of rotatable bonds is 9. The lowest BCUT2D eigenvalue weighted by molar-refractivity contribution is -0.117. The second-order valence-electron chi connectivity index (χ2n) is 6.87. The van der Waals surface area contributed by atoms with Crippen molar-refractivity contribution < 1.29 is 13.2 Å². The molecule has 0 spiro atoms. The summed E-state index contributed by atoms with van der Waals surface area (Å²) in [5.41, 5.74) is 1.63. The Bertz CT molecular complexity index is 701. The third-order valence-corrected chi connectivity index (χ3v) is 6.37. The number of aryl methyl sites for hydroxylation is 1. The molecule has 0 aromatic heterocycles. The van der Waals surface area contributed by atoms with Gasteiger partial charge in [-0.2, -0.15) is 0 Å². The van der Waals surface area contributed by atoms with Crippen LogP contribution in [0.1, 0.15) is 57.9 Å². The molecule has 0 bridgehead atoms. The van der Waals surface area contributed by atoms with Crippen molar-refractivity contribution in [1.82, 2.24) is 4.72 Å². The molecule has 1 N–H and O–H groups in total. The van der Waals surface area contributed by atoms with Crippen molar-refractivity contribution in [3.05, 3.63) is 23.8 Å². The number of hydrogen-bond acceptors (Lipinski definition) is 3. The highest BCUT2D eigenvalue weighted by Gasteiger charge is 2.24. The summed E-state index contributed by atoms with van der Waals surface area (Å²) in [6.07, 6.45) is 5.69. The van der Waals surface area contributed by atoms with Gasteiger partial charge >= 0.3 is 0 Å². The van der Waals surface area contributed by atoms with Crippen LogP contribution in [0.15, 0.2) is 23.1 Å². The van der Waals surface area contributed by atoms with Gasteiger partial charge in [0.1, 0.15) is 0 Å². The van der Waals surface area contributed by atoms with E-state index >= 15 is 0 Å². The molecule has 1 unspecified atom stereocenters. The summed E-state index contributed by atoms with van der Waals surface area (Å²) >= 11 is 0. The molecule has 1 aromatic rings. The second kappa shape index (κ2) is 8.81. The minimum Gasteiger partial charge on any atom is -0.312 e. The fraction of sp³-hybridized carbons (Fsp3) is 0.632. The van der Waals surface area contributed by atoms with E-state index in [4.69, 9.17) is 0 Å². The summed E-state index contributed by atoms with van der Waals surface area (Å²) in [4.78, 5) is 13.9. The Kier molecular flexibility index (Phi) is 7.02. The zero-order valence-electron chi connectivity index (χ0n) is 15.5. The first-order valence-corrected chi connectivity index (χ1v) is 10.8. The highest BCUT2D eigenvalue weighted by Crippen LogP contribution is 2.27. The third-order valence-electron chi connectivity index (χ3n) is 4.95. The number of anilines is 1.